The predicted octanol–water partition coefficient (Wildman–Crippen LogP) is 1.06. The van der Waals surface area contributed by atoms with E-state index >= 15 is 0 Å². The van der Waals surface area contributed by atoms with Gasteiger partial charge in [-0.2, -0.15) is 0 Å². The van der Waals surface area contributed by atoms with E-state index in [1.165, 1.54) is 0 Å². The number of hydrogen-bond acceptors (Lipinski definition) is 3. The molecule has 0 N–H and O–H groups in total. The zero-order valence-electron chi connectivity index (χ0n) is 9.54. The maximum Gasteiger partial charge on any atom is 0.171 e. The van der Waals surface area contributed by atoms with E-state index in [-0.39, 0.29) is 0 Å². The summed E-state index contributed by atoms with van der Waals surface area (Å²) in [5.41, 5.74) is 1.44. The van der Waals surface area contributed by atoms with E-state index in [1.54, 1.807) is 0 Å². The van der Waals surface area contributed by atoms with Gasteiger partial charge < -0.3 is 14.2 Å². The highest BCUT2D eigenvalue weighted by Crippen LogP contribution is 2.13. The first-order valence-electron chi connectivity index (χ1n) is 5.21. The molecule has 0 amide bonds. The van der Waals surface area contributed by atoms with Crippen LogP contribution in [0.1, 0.15) is 20.8 Å². The smallest absolute Gasteiger partial charge is 0.171 e. The van der Waals surface area contributed by atoms with Crippen LogP contribution in [0.5, 0.6) is 0 Å². The molecule has 0 aromatic heterocycles. The minimum absolute atomic E-state index is 0.499. The van der Waals surface area contributed by atoms with Crippen LogP contribution in [0.4, 0.5) is 0 Å². The minimum atomic E-state index is -0.619. The number of hydrogen-bond donors (Lipinski definition) is 0. The number of ether oxygens (including phenoxy) is 3. The molecule has 0 heterocycles. The van der Waals surface area contributed by atoms with Crippen LogP contribution in [-0.2, 0) is 14.2 Å². The van der Waals surface area contributed by atoms with Gasteiger partial charge in [0.1, 0.15) is 9.52 Å². The second-order valence-corrected chi connectivity index (χ2v) is 4.97. The Kier molecular flexibility index (Phi) is 8.08. The summed E-state index contributed by atoms with van der Waals surface area (Å²) in [6.07, 6.45) is 0. The minimum Gasteiger partial charge on any atom is -0.377 e. The van der Waals surface area contributed by atoms with E-state index in [2.05, 4.69) is 6.58 Å². The zero-order chi connectivity index (χ0) is 10.9. The number of rotatable bonds is 9. The molecular weight excluding hydrogens is 196 g/mol. The van der Waals surface area contributed by atoms with Gasteiger partial charge in [0.05, 0.1) is 6.61 Å². The van der Waals surface area contributed by atoms with Crippen molar-refractivity contribution in [1.29, 1.82) is 0 Å². The first-order valence-corrected chi connectivity index (χ1v) is 6.73. The molecule has 0 atom stereocenters. The Morgan fingerprint density at radius 1 is 1.14 bits per heavy atom. The second-order valence-electron chi connectivity index (χ2n) is 2.91. The van der Waals surface area contributed by atoms with Crippen molar-refractivity contribution < 1.29 is 14.2 Å². The topological polar surface area (TPSA) is 27.7 Å². The first-order chi connectivity index (χ1) is 6.74. The SMILES string of the molecule is C=C[SiH2]C(COCC)(OCC)OCC. The quantitative estimate of drug-likeness (QED) is 0.428. The molecule has 3 nitrogen and oxygen atoms in total. The monoisotopic (exact) mass is 218 g/mol. The molecule has 0 aliphatic rings. The van der Waals surface area contributed by atoms with Crippen molar-refractivity contribution in [2.75, 3.05) is 26.4 Å². The normalized spacial score (nSPS) is 12.5. The highest BCUT2D eigenvalue weighted by atomic mass is 28.2. The second kappa shape index (κ2) is 8.17. The third kappa shape index (κ3) is 4.90. The average Bonchev–Trinajstić information content (AvgIpc) is 2.16. The molecule has 0 aromatic carbocycles. The van der Waals surface area contributed by atoms with Crippen LogP contribution in [0.2, 0.25) is 0 Å². The van der Waals surface area contributed by atoms with E-state index < -0.39 is 14.9 Å². The molecule has 0 aromatic rings. The third-order valence-corrected chi connectivity index (χ3v) is 3.32. The van der Waals surface area contributed by atoms with E-state index in [0.717, 1.165) is 0 Å². The summed E-state index contributed by atoms with van der Waals surface area (Å²) >= 11 is 0. The zero-order valence-corrected chi connectivity index (χ0v) is 11.0. The van der Waals surface area contributed by atoms with Crippen LogP contribution in [0, 0.1) is 0 Å². The van der Waals surface area contributed by atoms with Crippen LogP contribution in [0.25, 0.3) is 0 Å². The summed E-state index contributed by atoms with van der Waals surface area (Å²) in [5.74, 6) is 0. The average molecular weight is 218 g/mol. The van der Waals surface area contributed by atoms with E-state index in [9.17, 15) is 0 Å². The fourth-order valence-electron chi connectivity index (χ4n) is 1.31. The standard InChI is InChI=1S/C10H22O3Si/c1-5-11-9-10(12-6-2,13-7-3)14-8-4/h8H,4-7,9,14H2,1-3H3. The lowest BCUT2D eigenvalue weighted by Gasteiger charge is -2.31. The van der Waals surface area contributed by atoms with Crippen LogP contribution in [0.3, 0.4) is 0 Å². The van der Waals surface area contributed by atoms with Crippen molar-refractivity contribution in [2.24, 2.45) is 0 Å². The Morgan fingerprint density at radius 3 is 2.07 bits per heavy atom. The van der Waals surface area contributed by atoms with Gasteiger partial charge in [-0.3, -0.25) is 0 Å². The Bertz CT molecular complexity index is 144. The van der Waals surface area contributed by atoms with Gasteiger partial charge in [-0.15, -0.1) is 12.3 Å². The largest absolute Gasteiger partial charge is 0.377 e. The molecule has 84 valence electrons. The van der Waals surface area contributed by atoms with Crippen molar-refractivity contribution >= 4 is 9.52 Å². The highest BCUT2D eigenvalue weighted by molar-refractivity contribution is 6.45. The maximum absolute atomic E-state index is 5.66. The molecule has 0 unspecified atom stereocenters. The van der Waals surface area contributed by atoms with Crippen molar-refractivity contribution in [1.82, 2.24) is 0 Å². The molecule has 4 heteroatoms. The van der Waals surface area contributed by atoms with Crippen LogP contribution in [0.15, 0.2) is 12.3 Å². The molecule has 0 rings (SSSR count). The van der Waals surface area contributed by atoms with Crippen molar-refractivity contribution in [3.8, 4) is 0 Å². The van der Waals surface area contributed by atoms with Gasteiger partial charge in [0.15, 0.2) is 5.41 Å². The molecule has 0 saturated heterocycles. The summed E-state index contributed by atoms with van der Waals surface area (Å²) in [5, 5.41) is 0. The molecular formula is C10H22O3Si. The molecule has 14 heavy (non-hydrogen) atoms. The van der Waals surface area contributed by atoms with Gasteiger partial charge in [-0.05, 0) is 20.8 Å². The molecule has 0 bridgehead atoms. The molecule has 0 radical (unpaired) electrons. The first kappa shape index (κ1) is 13.8. The summed E-state index contributed by atoms with van der Waals surface area (Å²) < 4.78 is 16.7. The Labute approximate surface area is 89.2 Å². The highest BCUT2D eigenvalue weighted by Gasteiger charge is 2.30. The summed E-state index contributed by atoms with van der Waals surface area (Å²) in [6, 6.07) is 0. The van der Waals surface area contributed by atoms with E-state index in [4.69, 9.17) is 14.2 Å². The molecule has 0 aliphatic carbocycles. The van der Waals surface area contributed by atoms with Gasteiger partial charge in [0.25, 0.3) is 0 Å². The Hall–Kier alpha value is -0.163. The fourth-order valence-corrected chi connectivity index (χ4v) is 2.65. The maximum atomic E-state index is 5.66. The summed E-state index contributed by atoms with van der Waals surface area (Å²) in [7, 11) is -0.619. The van der Waals surface area contributed by atoms with Crippen molar-refractivity contribution in [3.05, 3.63) is 12.3 Å². The van der Waals surface area contributed by atoms with Crippen LogP contribution in [-0.4, -0.2) is 41.4 Å². The molecule has 0 spiro atoms. The van der Waals surface area contributed by atoms with Gasteiger partial charge in [0, 0.05) is 19.8 Å². The van der Waals surface area contributed by atoms with E-state index in [0.29, 0.717) is 26.4 Å². The van der Waals surface area contributed by atoms with Gasteiger partial charge in [0.2, 0.25) is 0 Å². The lowest BCUT2D eigenvalue weighted by molar-refractivity contribution is -0.202. The third-order valence-electron chi connectivity index (χ3n) is 1.80. The van der Waals surface area contributed by atoms with Gasteiger partial charge in [-0.1, -0.05) is 0 Å². The Balaban J connectivity index is 4.28. The summed E-state index contributed by atoms with van der Waals surface area (Å²) in [4.78, 5) is 0. The molecule has 0 saturated carbocycles. The lowest BCUT2D eigenvalue weighted by Crippen LogP contribution is -2.46. The van der Waals surface area contributed by atoms with Crippen LogP contribution < -0.4 is 0 Å². The van der Waals surface area contributed by atoms with Gasteiger partial charge >= 0.3 is 0 Å². The lowest BCUT2D eigenvalue weighted by atomic mass is 10.6. The Morgan fingerprint density at radius 2 is 1.71 bits per heavy atom. The van der Waals surface area contributed by atoms with E-state index in [1.807, 2.05) is 26.5 Å². The molecule has 0 aliphatic heterocycles. The van der Waals surface area contributed by atoms with Crippen molar-refractivity contribution in [3.63, 3.8) is 0 Å². The molecule has 0 fully saturated rings. The predicted molar refractivity (Wildman–Crippen MR) is 61.2 cm³/mol. The van der Waals surface area contributed by atoms with Crippen LogP contribution >= 0.6 is 0 Å². The van der Waals surface area contributed by atoms with Crippen molar-refractivity contribution in [2.45, 2.75) is 26.2 Å². The fraction of sp³-hybridized carbons (Fsp3) is 0.800. The summed E-state index contributed by atoms with van der Waals surface area (Å²) in [6.45, 7) is 12.2. The van der Waals surface area contributed by atoms with Gasteiger partial charge in [-0.25, -0.2) is 0 Å².